The lowest BCUT2D eigenvalue weighted by Gasteiger charge is -2.12. The largest absolute Gasteiger partial charge is 0.316 e. The van der Waals surface area contributed by atoms with Crippen molar-refractivity contribution in [1.29, 1.82) is 0 Å². The molecule has 4 nitrogen and oxygen atoms in total. The smallest absolute Gasteiger partial charge is 0.240 e. The van der Waals surface area contributed by atoms with Crippen molar-refractivity contribution in [2.45, 2.75) is 24.8 Å². The summed E-state index contributed by atoms with van der Waals surface area (Å²) >= 11 is 1.90. The molecule has 0 saturated carbocycles. The average molecular weight is 314 g/mol. The molecule has 0 aliphatic carbocycles. The number of thioether (sulfide) groups is 1. The van der Waals surface area contributed by atoms with Crippen molar-refractivity contribution in [1.82, 2.24) is 10.0 Å². The van der Waals surface area contributed by atoms with Gasteiger partial charge in [0, 0.05) is 13.1 Å². The van der Waals surface area contributed by atoms with Crippen LogP contribution in [0.4, 0.5) is 0 Å². The summed E-state index contributed by atoms with van der Waals surface area (Å²) in [4.78, 5) is 0.360. The zero-order valence-electron chi connectivity index (χ0n) is 12.0. The van der Waals surface area contributed by atoms with E-state index in [4.69, 9.17) is 0 Å². The highest BCUT2D eigenvalue weighted by Gasteiger charge is 2.20. The second kappa shape index (κ2) is 6.93. The van der Waals surface area contributed by atoms with E-state index in [0.29, 0.717) is 23.9 Å². The standard InChI is InChI=1S/C14H22N2O2S2/c1-11-3-4-14(7-13(11)9-15-2)20(17,18)16-8-12-5-6-19-10-12/h3-4,7,12,15-16H,5-6,8-10H2,1-2H3. The molecule has 1 fully saturated rings. The number of benzene rings is 1. The molecule has 1 aliphatic rings. The van der Waals surface area contributed by atoms with Crippen molar-refractivity contribution in [3.8, 4) is 0 Å². The van der Waals surface area contributed by atoms with Crippen molar-refractivity contribution < 1.29 is 8.42 Å². The summed E-state index contributed by atoms with van der Waals surface area (Å²) in [6.07, 6.45) is 1.10. The van der Waals surface area contributed by atoms with E-state index in [1.54, 1.807) is 12.1 Å². The van der Waals surface area contributed by atoms with Gasteiger partial charge in [-0.25, -0.2) is 13.1 Å². The van der Waals surface area contributed by atoms with Crippen LogP contribution < -0.4 is 10.0 Å². The molecular formula is C14H22N2O2S2. The van der Waals surface area contributed by atoms with E-state index < -0.39 is 10.0 Å². The molecule has 0 spiro atoms. The highest BCUT2D eigenvalue weighted by molar-refractivity contribution is 7.99. The Labute approximate surface area is 125 Å². The summed E-state index contributed by atoms with van der Waals surface area (Å²) in [6.45, 7) is 3.21. The fourth-order valence-corrected chi connectivity index (χ4v) is 4.70. The van der Waals surface area contributed by atoms with E-state index in [9.17, 15) is 8.42 Å². The minimum Gasteiger partial charge on any atom is -0.316 e. The maximum Gasteiger partial charge on any atom is 0.240 e. The quantitative estimate of drug-likeness (QED) is 0.840. The molecule has 0 amide bonds. The zero-order chi connectivity index (χ0) is 14.6. The molecule has 1 saturated heterocycles. The Bertz CT molecular complexity index is 552. The first kappa shape index (κ1) is 15.8. The zero-order valence-corrected chi connectivity index (χ0v) is 13.6. The summed E-state index contributed by atoms with van der Waals surface area (Å²) in [5.74, 6) is 2.67. The topological polar surface area (TPSA) is 58.2 Å². The van der Waals surface area contributed by atoms with E-state index in [1.807, 2.05) is 31.8 Å². The summed E-state index contributed by atoms with van der Waals surface area (Å²) in [6, 6.07) is 5.31. The van der Waals surface area contributed by atoms with Crippen molar-refractivity contribution in [3.63, 3.8) is 0 Å². The van der Waals surface area contributed by atoms with E-state index in [1.165, 1.54) is 0 Å². The Morgan fingerprint density at radius 2 is 2.20 bits per heavy atom. The van der Waals surface area contributed by atoms with Crippen LogP contribution in [0.3, 0.4) is 0 Å². The second-order valence-corrected chi connectivity index (χ2v) is 8.12. The van der Waals surface area contributed by atoms with Crippen LogP contribution in [-0.2, 0) is 16.6 Å². The summed E-state index contributed by atoms with van der Waals surface area (Å²) < 4.78 is 27.4. The van der Waals surface area contributed by atoms with Gasteiger partial charge in [0.05, 0.1) is 4.90 Å². The van der Waals surface area contributed by atoms with Gasteiger partial charge >= 0.3 is 0 Å². The first-order valence-corrected chi connectivity index (χ1v) is 9.48. The van der Waals surface area contributed by atoms with Gasteiger partial charge in [0.15, 0.2) is 0 Å². The number of hydrogen-bond acceptors (Lipinski definition) is 4. The van der Waals surface area contributed by atoms with Gasteiger partial charge in [0.2, 0.25) is 10.0 Å². The molecule has 2 rings (SSSR count). The first-order chi connectivity index (χ1) is 9.53. The summed E-state index contributed by atoms with van der Waals surface area (Å²) in [7, 11) is -1.53. The predicted octanol–water partition coefficient (Wildman–Crippen LogP) is 1.75. The molecule has 1 aliphatic heterocycles. The monoisotopic (exact) mass is 314 g/mol. The molecular weight excluding hydrogens is 292 g/mol. The Kier molecular flexibility index (Phi) is 5.49. The molecule has 6 heteroatoms. The Hall–Kier alpha value is -0.560. The van der Waals surface area contributed by atoms with Gasteiger partial charge in [-0.1, -0.05) is 6.07 Å². The van der Waals surface area contributed by atoms with Gasteiger partial charge in [0.25, 0.3) is 0 Å². The normalized spacial score (nSPS) is 19.4. The number of sulfonamides is 1. The molecule has 20 heavy (non-hydrogen) atoms. The van der Waals surface area contributed by atoms with Crippen LogP contribution in [-0.4, -0.2) is 33.5 Å². The van der Waals surface area contributed by atoms with Crippen LogP contribution in [0.1, 0.15) is 17.5 Å². The van der Waals surface area contributed by atoms with Gasteiger partial charge in [-0.05, 0) is 61.1 Å². The van der Waals surface area contributed by atoms with Gasteiger partial charge in [0.1, 0.15) is 0 Å². The van der Waals surface area contributed by atoms with Crippen LogP contribution in [0.2, 0.25) is 0 Å². The lowest BCUT2D eigenvalue weighted by molar-refractivity contribution is 0.545. The summed E-state index contributed by atoms with van der Waals surface area (Å²) in [5, 5.41) is 3.06. The van der Waals surface area contributed by atoms with E-state index in [2.05, 4.69) is 10.0 Å². The maximum absolute atomic E-state index is 12.3. The van der Waals surface area contributed by atoms with Gasteiger partial charge in [-0.2, -0.15) is 11.8 Å². The van der Waals surface area contributed by atoms with Crippen molar-refractivity contribution >= 4 is 21.8 Å². The van der Waals surface area contributed by atoms with Crippen molar-refractivity contribution in [2.24, 2.45) is 5.92 Å². The Morgan fingerprint density at radius 1 is 1.40 bits per heavy atom. The molecule has 112 valence electrons. The van der Waals surface area contributed by atoms with Crippen molar-refractivity contribution in [2.75, 3.05) is 25.1 Å². The van der Waals surface area contributed by atoms with Crippen LogP contribution in [0.5, 0.6) is 0 Å². The molecule has 0 bridgehead atoms. The lowest BCUT2D eigenvalue weighted by atomic mass is 10.1. The minimum atomic E-state index is -3.39. The number of nitrogens with one attached hydrogen (secondary N) is 2. The van der Waals surface area contributed by atoms with Crippen LogP contribution in [0.25, 0.3) is 0 Å². The van der Waals surface area contributed by atoms with E-state index in [0.717, 1.165) is 29.1 Å². The number of hydrogen-bond donors (Lipinski definition) is 2. The fourth-order valence-electron chi connectivity index (χ4n) is 2.25. The molecule has 0 aromatic heterocycles. The van der Waals surface area contributed by atoms with Gasteiger partial charge in [-0.15, -0.1) is 0 Å². The van der Waals surface area contributed by atoms with E-state index in [-0.39, 0.29) is 0 Å². The van der Waals surface area contributed by atoms with Crippen LogP contribution >= 0.6 is 11.8 Å². The second-order valence-electron chi connectivity index (χ2n) is 5.20. The fraction of sp³-hybridized carbons (Fsp3) is 0.571. The molecule has 1 atom stereocenters. The van der Waals surface area contributed by atoms with E-state index >= 15 is 0 Å². The lowest BCUT2D eigenvalue weighted by Crippen LogP contribution is -2.29. The number of aryl methyl sites for hydroxylation is 1. The Balaban J connectivity index is 2.09. The molecule has 2 N–H and O–H groups in total. The third-order valence-electron chi connectivity index (χ3n) is 3.58. The van der Waals surface area contributed by atoms with Crippen LogP contribution in [0.15, 0.2) is 23.1 Å². The first-order valence-electron chi connectivity index (χ1n) is 6.84. The summed E-state index contributed by atoms with van der Waals surface area (Å²) in [5.41, 5.74) is 2.12. The van der Waals surface area contributed by atoms with Gasteiger partial charge < -0.3 is 5.32 Å². The molecule has 1 aromatic rings. The number of rotatable bonds is 6. The Morgan fingerprint density at radius 3 is 2.85 bits per heavy atom. The SMILES string of the molecule is CNCc1cc(S(=O)(=O)NCC2CCSC2)ccc1C. The molecule has 1 heterocycles. The molecule has 1 aromatic carbocycles. The molecule has 1 unspecified atom stereocenters. The third kappa shape index (κ3) is 3.97. The highest BCUT2D eigenvalue weighted by Crippen LogP contribution is 2.23. The van der Waals surface area contributed by atoms with Crippen LogP contribution in [0, 0.1) is 12.8 Å². The average Bonchev–Trinajstić information content (AvgIpc) is 2.92. The molecule has 0 radical (unpaired) electrons. The van der Waals surface area contributed by atoms with Crippen molar-refractivity contribution in [3.05, 3.63) is 29.3 Å². The van der Waals surface area contributed by atoms with Gasteiger partial charge in [-0.3, -0.25) is 0 Å². The maximum atomic E-state index is 12.3. The highest BCUT2D eigenvalue weighted by atomic mass is 32.2. The predicted molar refractivity (Wildman–Crippen MR) is 84.6 cm³/mol. The minimum absolute atomic E-state index is 0.360. The third-order valence-corrected chi connectivity index (χ3v) is 6.24.